The third kappa shape index (κ3) is 5.09. The summed E-state index contributed by atoms with van der Waals surface area (Å²) in [4.78, 5) is 12.3. The van der Waals surface area contributed by atoms with Gasteiger partial charge in [-0.05, 0) is 46.0 Å². The molecule has 1 aromatic rings. The quantitative estimate of drug-likeness (QED) is 0.692. The average molecular weight is 412 g/mol. The Kier molecular flexibility index (Phi) is 6.34. The van der Waals surface area contributed by atoms with Gasteiger partial charge < -0.3 is 5.32 Å². The SMILES string of the molecule is CC(C)(C)C(CCBr)NC(=O)c1ccc(Cl)cc1Br. The predicted octanol–water partition coefficient (Wildman–Crippen LogP) is 5.03. The van der Waals surface area contributed by atoms with E-state index in [9.17, 15) is 4.79 Å². The summed E-state index contributed by atoms with van der Waals surface area (Å²) < 4.78 is 0.712. The predicted molar refractivity (Wildman–Crippen MR) is 88.3 cm³/mol. The van der Waals surface area contributed by atoms with E-state index in [0.29, 0.717) is 15.1 Å². The van der Waals surface area contributed by atoms with Crippen molar-refractivity contribution in [3.8, 4) is 0 Å². The van der Waals surface area contributed by atoms with Crippen molar-refractivity contribution in [2.45, 2.75) is 33.2 Å². The molecule has 106 valence electrons. The number of hydrogen-bond acceptors (Lipinski definition) is 1. The molecule has 1 amide bonds. The van der Waals surface area contributed by atoms with Gasteiger partial charge in [-0.1, -0.05) is 48.3 Å². The van der Waals surface area contributed by atoms with Gasteiger partial charge in [-0.2, -0.15) is 0 Å². The number of benzene rings is 1. The van der Waals surface area contributed by atoms with Crippen molar-refractivity contribution in [1.29, 1.82) is 0 Å². The number of carbonyl (C=O) groups is 1. The second-order valence-electron chi connectivity index (χ2n) is 5.49. The summed E-state index contributed by atoms with van der Waals surface area (Å²) in [6.45, 7) is 6.37. The molecule has 1 aromatic carbocycles. The van der Waals surface area contributed by atoms with Gasteiger partial charge in [0.1, 0.15) is 0 Å². The number of rotatable bonds is 4. The van der Waals surface area contributed by atoms with Crippen molar-refractivity contribution in [1.82, 2.24) is 5.32 Å². The highest BCUT2D eigenvalue weighted by molar-refractivity contribution is 9.10. The lowest BCUT2D eigenvalue weighted by molar-refractivity contribution is 0.0900. The van der Waals surface area contributed by atoms with Crippen LogP contribution in [0.5, 0.6) is 0 Å². The summed E-state index contributed by atoms with van der Waals surface area (Å²) in [5.41, 5.74) is 0.621. The first-order chi connectivity index (χ1) is 8.75. The summed E-state index contributed by atoms with van der Waals surface area (Å²) in [6.07, 6.45) is 0.889. The van der Waals surface area contributed by atoms with Crippen LogP contribution in [0.4, 0.5) is 0 Å². The Hall–Kier alpha value is -0.0600. The minimum Gasteiger partial charge on any atom is -0.349 e. The monoisotopic (exact) mass is 409 g/mol. The molecule has 0 fully saturated rings. The molecule has 1 unspecified atom stereocenters. The summed E-state index contributed by atoms with van der Waals surface area (Å²) in [5.74, 6) is -0.0792. The third-order valence-corrected chi connectivity index (χ3v) is 4.27. The Bertz CT molecular complexity index is 457. The van der Waals surface area contributed by atoms with Crippen LogP contribution in [0.15, 0.2) is 22.7 Å². The van der Waals surface area contributed by atoms with Gasteiger partial charge in [0, 0.05) is 20.9 Å². The molecule has 0 saturated heterocycles. The van der Waals surface area contributed by atoms with Crippen LogP contribution in [0.1, 0.15) is 37.6 Å². The summed E-state index contributed by atoms with van der Waals surface area (Å²) >= 11 is 12.7. The molecule has 1 atom stereocenters. The lowest BCUT2D eigenvalue weighted by Crippen LogP contribution is -2.44. The van der Waals surface area contributed by atoms with Crippen molar-refractivity contribution in [2.75, 3.05) is 5.33 Å². The van der Waals surface area contributed by atoms with Crippen LogP contribution in [0, 0.1) is 5.41 Å². The van der Waals surface area contributed by atoms with Crippen LogP contribution < -0.4 is 5.32 Å². The summed E-state index contributed by atoms with van der Waals surface area (Å²) in [5, 5.41) is 4.56. The van der Waals surface area contributed by atoms with Crippen LogP contribution in [-0.2, 0) is 0 Å². The molecule has 1 rings (SSSR count). The fourth-order valence-electron chi connectivity index (χ4n) is 1.74. The normalized spacial score (nSPS) is 13.2. The van der Waals surface area contributed by atoms with E-state index < -0.39 is 0 Å². The minimum atomic E-state index is -0.0792. The van der Waals surface area contributed by atoms with E-state index in [-0.39, 0.29) is 17.4 Å². The molecular weight excluding hydrogens is 393 g/mol. The van der Waals surface area contributed by atoms with E-state index in [1.807, 2.05) is 0 Å². The number of nitrogens with one attached hydrogen (secondary N) is 1. The molecule has 0 radical (unpaired) electrons. The van der Waals surface area contributed by atoms with E-state index in [0.717, 1.165) is 11.8 Å². The maximum absolute atomic E-state index is 12.3. The van der Waals surface area contributed by atoms with Crippen molar-refractivity contribution in [3.05, 3.63) is 33.3 Å². The summed E-state index contributed by atoms with van der Waals surface area (Å²) in [7, 11) is 0. The lowest BCUT2D eigenvalue weighted by Gasteiger charge is -2.31. The van der Waals surface area contributed by atoms with Crippen LogP contribution >= 0.6 is 43.5 Å². The van der Waals surface area contributed by atoms with Gasteiger partial charge in [-0.15, -0.1) is 0 Å². The molecule has 1 N–H and O–H groups in total. The molecule has 0 saturated carbocycles. The van der Waals surface area contributed by atoms with Gasteiger partial charge in [0.2, 0.25) is 0 Å². The molecule has 2 nitrogen and oxygen atoms in total. The third-order valence-electron chi connectivity index (χ3n) is 2.92. The Morgan fingerprint density at radius 1 is 1.42 bits per heavy atom. The van der Waals surface area contributed by atoms with Gasteiger partial charge in [0.15, 0.2) is 0 Å². The van der Waals surface area contributed by atoms with Crippen molar-refractivity contribution in [2.24, 2.45) is 5.41 Å². The summed E-state index contributed by atoms with van der Waals surface area (Å²) in [6, 6.07) is 5.29. The second-order valence-corrected chi connectivity index (χ2v) is 7.58. The maximum atomic E-state index is 12.3. The molecule has 0 aliphatic rings. The van der Waals surface area contributed by atoms with Gasteiger partial charge in [0.25, 0.3) is 5.91 Å². The lowest BCUT2D eigenvalue weighted by atomic mass is 9.85. The van der Waals surface area contributed by atoms with Crippen molar-refractivity contribution in [3.63, 3.8) is 0 Å². The highest BCUT2D eigenvalue weighted by Gasteiger charge is 2.26. The van der Waals surface area contributed by atoms with Crippen molar-refractivity contribution >= 4 is 49.4 Å². The zero-order chi connectivity index (χ0) is 14.6. The van der Waals surface area contributed by atoms with Gasteiger partial charge >= 0.3 is 0 Å². The Labute approximate surface area is 136 Å². The first-order valence-electron chi connectivity index (χ1n) is 6.07. The number of amides is 1. The Balaban J connectivity index is 2.88. The van der Waals surface area contributed by atoms with E-state index in [2.05, 4.69) is 57.9 Å². The molecule has 0 aliphatic carbocycles. The molecule has 0 aromatic heterocycles. The Morgan fingerprint density at radius 2 is 2.05 bits per heavy atom. The number of halogens is 3. The zero-order valence-electron chi connectivity index (χ0n) is 11.3. The molecule has 0 heterocycles. The van der Waals surface area contributed by atoms with Gasteiger partial charge in [0.05, 0.1) is 5.56 Å². The van der Waals surface area contributed by atoms with Crippen molar-refractivity contribution < 1.29 is 4.79 Å². The standard InChI is InChI=1S/C14H18Br2ClNO/c1-14(2,3)12(6-7-15)18-13(19)10-5-4-9(17)8-11(10)16/h4-5,8,12H,6-7H2,1-3H3,(H,18,19). The molecule has 0 aliphatic heterocycles. The first-order valence-corrected chi connectivity index (χ1v) is 8.37. The molecule has 19 heavy (non-hydrogen) atoms. The van der Waals surface area contributed by atoms with Crippen LogP contribution in [0.25, 0.3) is 0 Å². The molecule has 0 bridgehead atoms. The smallest absolute Gasteiger partial charge is 0.252 e. The second kappa shape index (κ2) is 7.09. The fourth-order valence-corrected chi connectivity index (χ4v) is 3.06. The van der Waals surface area contributed by atoms with Gasteiger partial charge in [-0.3, -0.25) is 4.79 Å². The van der Waals surface area contributed by atoms with Crippen LogP contribution in [0.2, 0.25) is 5.02 Å². The number of carbonyl (C=O) groups excluding carboxylic acids is 1. The molecular formula is C14H18Br2ClNO. The largest absolute Gasteiger partial charge is 0.349 e. The van der Waals surface area contributed by atoms with Crippen LogP contribution in [-0.4, -0.2) is 17.3 Å². The van der Waals surface area contributed by atoms with E-state index in [1.165, 1.54) is 0 Å². The maximum Gasteiger partial charge on any atom is 0.252 e. The van der Waals surface area contributed by atoms with E-state index in [1.54, 1.807) is 18.2 Å². The fraction of sp³-hybridized carbons (Fsp3) is 0.500. The van der Waals surface area contributed by atoms with E-state index >= 15 is 0 Å². The average Bonchev–Trinajstić information content (AvgIpc) is 2.26. The van der Waals surface area contributed by atoms with Gasteiger partial charge in [-0.25, -0.2) is 0 Å². The Morgan fingerprint density at radius 3 is 2.53 bits per heavy atom. The molecule has 0 spiro atoms. The van der Waals surface area contributed by atoms with Crippen LogP contribution in [0.3, 0.4) is 0 Å². The highest BCUT2D eigenvalue weighted by Crippen LogP contribution is 2.25. The number of hydrogen-bond donors (Lipinski definition) is 1. The highest BCUT2D eigenvalue weighted by atomic mass is 79.9. The first kappa shape index (κ1) is 17.0. The zero-order valence-corrected chi connectivity index (χ0v) is 15.2. The molecule has 5 heteroatoms. The topological polar surface area (TPSA) is 29.1 Å². The number of alkyl halides is 1. The minimum absolute atomic E-state index is 0.0162. The van der Waals surface area contributed by atoms with E-state index in [4.69, 9.17) is 11.6 Å².